The minimum Gasteiger partial charge on any atom is -0.506 e. The van der Waals surface area contributed by atoms with Crippen LogP contribution in [0.15, 0.2) is 12.1 Å². The Balaban J connectivity index is 2.01. The van der Waals surface area contributed by atoms with Crippen molar-refractivity contribution >= 4 is 11.6 Å². The Morgan fingerprint density at radius 2 is 2.11 bits per heavy atom. The third-order valence-electron chi connectivity index (χ3n) is 3.26. The summed E-state index contributed by atoms with van der Waals surface area (Å²) in [7, 11) is 1.60. The van der Waals surface area contributed by atoms with Gasteiger partial charge in [-0.15, -0.1) is 0 Å². The Bertz CT molecular complexity index is 406. The molecule has 0 unspecified atom stereocenters. The molecule has 100 valence electrons. The monoisotopic (exact) mass is 270 g/mol. The van der Waals surface area contributed by atoms with Crippen molar-refractivity contribution in [2.24, 2.45) is 0 Å². The van der Waals surface area contributed by atoms with Gasteiger partial charge in [-0.05, 0) is 12.5 Å². The van der Waals surface area contributed by atoms with E-state index in [1.807, 2.05) is 6.07 Å². The van der Waals surface area contributed by atoms with Gasteiger partial charge in [0.15, 0.2) is 0 Å². The number of rotatable bonds is 4. The second-order valence-corrected chi connectivity index (χ2v) is 4.87. The lowest BCUT2D eigenvalue weighted by molar-refractivity contribution is 0.243. The molecule has 1 aromatic rings. The highest BCUT2D eigenvalue weighted by molar-refractivity contribution is 6.32. The summed E-state index contributed by atoms with van der Waals surface area (Å²) in [6, 6.07) is 3.48. The van der Waals surface area contributed by atoms with Crippen LogP contribution in [0.25, 0.3) is 0 Å². The smallest absolute Gasteiger partial charge is 0.137 e. The Hall–Kier alpha value is -0.970. The Labute approximate surface area is 113 Å². The number of hydrogen-bond donors (Lipinski definition) is 2. The fraction of sp³-hybridized carbons (Fsp3) is 0.538. The van der Waals surface area contributed by atoms with Gasteiger partial charge in [0.1, 0.15) is 11.5 Å². The average molecular weight is 271 g/mol. The summed E-state index contributed by atoms with van der Waals surface area (Å²) < 4.78 is 5.16. The standard InChI is InChI=1S/C13H19ClN2O2/c1-18-11-8-10(13(17)12(14)9-11)2-5-16-6-3-15-4-7-16/h8-9,15,17H,2-7H2,1H3. The molecule has 0 aliphatic carbocycles. The second-order valence-electron chi connectivity index (χ2n) is 4.46. The van der Waals surface area contributed by atoms with Crippen LogP contribution in [0.5, 0.6) is 11.5 Å². The molecule has 1 aromatic carbocycles. The minimum absolute atomic E-state index is 0.174. The lowest BCUT2D eigenvalue weighted by Crippen LogP contribution is -2.44. The molecule has 1 aliphatic heterocycles. The van der Waals surface area contributed by atoms with E-state index in [-0.39, 0.29) is 5.75 Å². The Kier molecular flexibility index (Phi) is 4.69. The predicted octanol–water partition coefficient (Wildman–Crippen LogP) is 1.50. The maximum Gasteiger partial charge on any atom is 0.137 e. The molecule has 0 atom stereocenters. The molecule has 0 bridgehead atoms. The lowest BCUT2D eigenvalue weighted by atomic mass is 10.1. The average Bonchev–Trinajstić information content (AvgIpc) is 2.41. The third kappa shape index (κ3) is 3.28. The van der Waals surface area contributed by atoms with Crippen LogP contribution >= 0.6 is 11.6 Å². The molecular formula is C13H19ClN2O2. The van der Waals surface area contributed by atoms with Crippen molar-refractivity contribution in [2.45, 2.75) is 6.42 Å². The molecular weight excluding hydrogens is 252 g/mol. The molecule has 1 aliphatic rings. The van der Waals surface area contributed by atoms with Crippen LogP contribution in [0.2, 0.25) is 5.02 Å². The topological polar surface area (TPSA) is 44.7 Å². The Morgan fingerprint density at radius 3 is 2.78 bits per heavy atom. The molecule has 2 rings (SSSR count). The first-order chi connectivity index (χ1) is 8.70. The van der Waals surface area contributed by atoms with Crippen LogP contribution in [0, 0.1) is 0 Å². The molecule has 0 spiro atoms. The van der Waals surface area contributed by atoms with Crippen molar-refractivity contribution in [3.63, 3.8) is 0 Å². The number of halogens is 1. The number of nitrogens with one attached hydrogen (secondary N) is 1. The molecule has 1 fully saturated rings. The van der Waals surface area contributed by atoms with Gasteiger partial charge in [-0.1, -0.05) is 11.6 Å². The van der Waals surface area contributed by atoms with E-state index in [2.05, 4.69) is 10.2 Å². The van der Waals surface area contributed by atoms with Crippen LogP contribution < -0.4 is 10.1 Å². The quantitative estimate of drug-likeness (QED) is 0.870. The minimum atomic E-state index is 0.174. The van der Waals surface area contributed by atoms with Crippen LogP contribution in [0.4, 0.5) is 0 Å². The zero-order chi connectivity index (χ0) is 13.0. The summed E-state index contributed by atoms with van der Waals surface area (Å²) in [5, 5.41) is 13.6. The first kappa shape index (κ1) is 13.5. The fourth-order valence-corrected chi connectivity index (χ4v) is 2.38. The zero-order valence-corrected chi connectivity index (χ0v) is 11.3. The molecule has 0 aromatic heterocycles. The van der Waals surface area contributed by atoms with E-state index in [1.54, 1.807) is 13.2 Å². The van der Waals surface area contributed by atoms with E-state index in [0.717, 1.165) is 44.7 Å². The Morgan fingerprint density at radius 1 is 1.39 bits per heavy atom. The first-order valence-electron chi connectivity index (χ1n) is 6.19. The number of methoxy groups -OCH3 is 1. The lowest BCUT2D eigenvalue weighted by Gasteiger charge is -2.27. The van der Waals surface area contributed by atoms with Gasteiger partial charge in [0.2, 0.25) is 0 Å². The summed E-state index contributed by atoms with van der Waals surface area (Å²) in [5.41, 5.74) is 0.845. The molecule has 1 saturated heterocycles. The summed E-state index contributed by atoms with van der Waals surface area (Å²) in [5.74, 6) is 0.862. The highest BCUT2D eigenvalue weighted by Crippen LogP contribution is 2.32. The van der Waals surface area contributed by atoms with Crippen LogP contribution in [0.1, 0.15) is 5.56 Å². The van der Waals surface area contributed by atoms with Gasteiger partial charge in [0.05, 0.1) is 12.1 Å². The van der Waals surface area contributed by atoms with Crippen molar-refractivity contribution in [1.29, 1.82) is 0 Å². The highest BCUT2D eigenvalue weighted by atomic mass is 35.5. The van der Waals surface area contributed by atoms with Crippen LogP contribution in [0.3, 0.4) is 0 Å². The number of hydrogen-bond acceptors (Lipinski definition) is 4. The van der Waals surface area contributed by atoms with E-state index in [4.69, 9.17) is 16.3 Å². The predicted molar refractivity (Wildman–Crippen MR) is 72.7 cm³/mol. The molecule has 5 heteroatoms. The number of benzene rings is 1. The molecule has 0 radical (unpaired) electrons. The fourth-order valence-electron chi connectivity index (χ4n) is 2.15. The summed E-state index contributed by atoms with van der Waals surface area (Å²) in [4.78, 5) is 2.38. The van der Waals surface area contributed by atoms with Crippen molar-refractivity contribution in [1.82, 2.24) is 10.2 Å². The highest BCUT2D eigenvalue weighted by Gasteiger charge is 2.13. The van der Waals surface area contributed by atoms with Crippen molar-refractivity contribution < 1.29 is 9.84 Å². The van der Waals surface area contributed by atoms with Crippen LogP contribution in [-0.2, 0) is 6.42 Å². The van der Waals surface area contributed by atoms with E-state index >= 15 is 0 Å². The molecule has 4 nitrogen and oxygen atoms in total. The first-order valence-corrected chi connectivity index (χ1v) is 6.57. The van der Waals surface area contributed by atoms with Gasteiger partial charge in [0.25, 0.3) is 0 Å². The van der Waals surface area contributed by atoms with Crippen molar-refractivity contribution in [3.8, 4) is 11.5 Å². The normalized spacial score (nSPS) is 16.8. The molecule has 1 heterocycles. The van der Waals surface area contributed by atoms with Gasteiger partial charge in [-0.25, -0.2) is 0 Å². The van der Waals surface area contributed by atoms with Gasteiger partial charge >= 0.3 is 0 Å². The summed E-state index contributed by atoms with van der Waals surface area (Å²) in [6.07, 6.45) is 0.781. The molecule has 2 N–H and O–H groups in total. The third-order valence-corrected chi connectivity index (χ3v) is 3.55. The number of phenolic OH excluding ortho intramolecular Hbond substituents is 1. The number of ether oxygens (including phenoxy) is 1. The van der Waals surface area contributed by atoms with E-state index in [9.17, 15) is 5.11 Å². The summed E-state index contributed by atoms with van der Waals surface area (Å²) in [6.45, 7) is 5.10. The number of phenols is 1. The van der Waals surface area contributed by atoms with E-state index < -0.39 is 0 Å². The van der Waals surface area contributed by atoms with Gasteiger partial charge in [-0.3, -0.25) is 0 Å². The van der Waals surface area contributed by atoms with Gasteiger partial charge in [-0.2, -0.15) is 0 Å². The maximum absolute atomic E-state index is 9.93. The van der Waals surface area contributed by atoms with Gasteiger partial charge < -0.3 is 20.1 Å². The van der Waals surface area contributed by atoms with Crippen LogP contribution in [-0.4, -0.2) is 49.8 Å². The van der Waals surface area contributed by atoms with E-state index in [0.29, 0.717) is 10.8 Å². The van der Waals surface area contributed by atoms with Crippen molar-refractivity contribution in [3.05, 3.63) is 22.7 Å². The molecule has 0 amide bonds. The SMILES string of the molecule is COc1cc(Cl)c(O)c(CCN2CCNCC2)c1. The largest absolute Gasteiger partial charge is 0.506 e. The molecule has 0 saturated carbocycles. The van der Waals surface area contributed by atoms with Crippen molar-refractivity contribution in [2.75, 3.05) is 39.8 Å². The summed E-state index contributed by atoms with van der Waals surface area (Å²) >= 11 is 5.97. The number of nitrogens with zero attached hydrogens (tertiary/aromatic N) is 1. The number of aromatic hydroxyl groups is 1. The van der Waals surface area contributed by atoms with E-state index in [1.165, 1.54) is 0 Å². The zero-order valence-electron chi connectivity index (χ0n) is 10.6. The second kappa shape index (κ2) is 6.27. The maximum atomic E-state index is 9.93. The molecule has 18 heavy (non-hydrogen) atoms. The number of piperazine rings is 1. The van der Waals surface area contributed by atoms with Gasteiger partial charge in [0, 0.05) is 44.4 Å².